The monoisotopic (exact) mass is 328 g/mol. The molecule has 21 heavy (non-hydrogen) atoms. The quantitative estimate of drug-likeness (QED) is 0.327. The largest absolute Gasteiger partial charge is 0.382 e. The summed E-state index contributed by atoms with van der Waals surface area (Å²) in [5.41, 5.74) is 0. The maximum atomic E-state index is 10.6. The van der Waals surface area contributed by atoms with Crippen LogP contribution < -0.4 is 0 Å². The third-order valence-corrected chi connectivity index (χ3v) is 3.56. The molecule has 0 heterocycles. The molecule has 0 bridgehead atoms. The normalized spacial score (nSPS) is 12.0. The summed E-state index contributed by atoms with van der Waals surface area (Å²) in [6, 6.07) is 0. The Kier molecular flexibility index (Phi) is 14.9. The van der Waals surface area contributed by atoms with Crippen LogP contribution in [0.5, 0.6) is 0 Å². The number of ether oxygens (including phenoxy) is 4. The van der Waals surface area contributed by atoms with Crippen molar-refractivity contribution in [3.05, 3.63) is 0 Å². The van der Waals surface area contributed by atoms with Crippen molar-refractivity contribution in [1.82, 2.24) is 0 Å². The van der Waals surface area contributed by atoms with E-state index in [0.29, 0.717) is 52.7 Å². The summed E-state index contributed by atoms with van der Waals surface area (Å²) in [5.74, 6) is 0. The molecule has 0 aromatic carbocycles. The van der Waals surface area contributed by atoms with Crippen molar-refractivity contribution in [3.8, 4) is 0 Å². The highest BCUT2D eigenvalue weighted by Crippen LogP contribution is 2.35. The van der Waals surface area contributed by atoms with E-state index in [0.717, 1.165) is 19.3 Å². The number of unbranched alkanes of at least 4 members (excludes halogenated alkanes) is 3. The highest BCUT2D eigenvalue weighted by atomic mass is 31.2. The fourth-order valence-electron chi connectivity index (χ4n) is 1.56. The van der Waals surface area contributed by atoms with Gasteiger partial charge >= 0.3 is 7.60 Å². The fraction of sp³-hybridized carbons (Fsp3) is 1.00. The summed E-state index contributed by atoms with van der Waals surface area (Å²) >= 11 is 0. The van der Waals surface area contributed by atoms with Gasteiger partial charge in [-0.2, -0.15) is 0 Å². The summed E-state index contributed by atoms with van der Waals surface area (Å²) < 4.78 is 31.4. The van der Waals surface area contributed by atoms with E-state index in [-0.39, 0.29) is 6.16 Å². The van der Waals surface area contributed by atoms with Crippen molar-refractivity contribution >= 4 is 7.60 Å². The van der Waals surface area contributed by atoms with Crippen molar-refractivity contribution in [2.45, 2.75) is 25.7 Å². The lowest BCUT2D eigenvalue weighted by Gasteiger charge is -2.07. The maximum absolute atomic E-state index is 10.6. The first-order valence-electron chi connectivity index (χ1n) is 7.33. The van der Waals surface area contributed by atoms with Crippen LogP contribution in [0.25, 0.3) is 0 Å². The van der Waals surface area contributed by atoms with Crippen LogP contribution in [0.1, 0.15) is 25.7 Å². The first kappa shape index (κ1) is 21.0. The molecule has 0 aromatic heterocycles. The molecular weight excluding hydrogens is 299 g/mol. The van der Waals surface area contributed by atoms with Gasteiger partial charge in [-0.05, 0) is 12.8 Å². The molecule has 0 aliphatic carbocycles. The molecule has 0 spiro atoms. The SMILES string of the molecule is COCCOCCOCCOCCCCCCP(=O)(O)O. The van der Waals surface area contributed by atoms with Gasteiger partial charge in [0.25, 0.3) is 0 Å². The van der Waals surface area contributed by atoms with Crippen LogP contribution in [0.3, 0.4) is 0 Å². The molecule has 0 radical (unpaired) electrons. The minimum absolute atomic E-state index is 0.0197. The Morgan fingerprint density at radius 1 is 0.714 bits per heavy atom. The second kappa shape index (κ2) is 14.9. The van der Waals surface area contributed by atoms with E-state index < -0.39 is 7.60 Å². The van der Waals surface area contributed by atoms with Gasteiger partial charge in [0.1, 0.15) is 0 Å². The molecular formula is C13H29O7P. The first-order chi connectivity index (χ1) is 10.1. The molecule has 8 heteroatoms. The van der Waals surface area contributed by atoms with Crippen LogP contribution in [0, 0.1) is 0 Å². The molecule has 2 N–H and O–H groups in total. The average molecular weight is 328 g/mol. The molecule has 0 aliphatic heterocycles. The zero-order valence-corrected chi connectivity index (χ0v) is 13.8. The molecule has 0 unspecified atom stereocenters. The predicted molar refractivity (Wildman–Crippen MR) is 79.7 cm³/mol. The molecule has 0 atom stereocenters. The lowest BCUT2D eigenvalue weighted by Crippen LogP contribution is -2.11. The van der Waals surface area contributed by atoms with Crippen molar-refractivity contribution in [1.29, 1.82) is 0 Å². The Morgan fingerprint density at radius 3 is 1.71 bits per heavy atom. The second-order valence-electron chi connectivity index (χ2n) is 4.63. The van der Waals surface area contributed by atoms with Gasteiger partial charge < -0.3 is 28.7 Å². The smallest absolute Gasteiger partial charge is 0.325 e. The van der Waals surface area contributed by atoms with Crippen LogP contribution in [-0.2, 0) is 23.5 Å². The lowest BCUT2D eigenvalue weighted by molar-refractivity contribution is 0.00324. The van der Waals surface area contributed by atoms with Gasteiger partial charge in [0, 0.05) is 19.9 Å². The van der Waals surface area contributed by atoms with Crippen LogP contribution >= 0.6 is 7.60 Å². The first-order valence-corrected chi connectivity index (χ1v) is 9.13. The molecule has 0 rings (SSSR count). The van der Waals surface area contributed by atoms with Crippen molar-refractivity contribution in [2.24, 2.45) is 0 Å². The van der Waals surface area contributed by atoms with Crippen molar-refractivity contribution in [3.63, 3.8) is 0 Å². The maximum Gasteiger partial charge on any atom is 0.325 e. The second-order valence-corrected chi connectivity index (χ2v) is 6.41. The number of methoxy groups -OCH3 is 1. The Labute approximate surface area is 127 Å². The summed E-state index contributed by atoms with van der Waals surface area (Å²) in [5, 5.41) is 0. The van der Waals surface area contributed by atoms with E-state index >= 15 is 0 Å². The van der Waals surface area contributed by atoms with Gasteiger partial charge in [-0.3, -0.25) is 4.57 Å². The molecule has 128 valence electrons. The van der Waals surface area contributed by atoms with Gasteiger partial charge in [-0.1, -0.05) is 12.8 Å². The van der Waals surface area contributed by atoms with Crippen molar-refractivity contribution < 1.29 is 33.3 Å². The summed E-state index contributed by atoms with van der Waals surface area (Å²) in [6.45, 7) is 4.05. The van der Waals surface area contributed by atoms with Gasteiger partial charge in [-0.15, -0.1) is 0 Å². The van der Waals surface area contributed by atoms with Crippen LogP contribution in [0.4, 0.5) is 0 Å². The lowest BCUT2D eigenvalue weighted by atomic mass is 10.2. The van der Waals surface area contributed by atoms with E-state index in [1.54, 1.807) is 7.11 Å². The highest BCUT2D eigenvalue weighted by Gasteiger charge is 2.10. The van der Waals surface area contributed by atoms with Gasteiger partial charge in [-0.25, -0.2) is 0 Å². The Morgan fingerprint density at radius 2 is 1.19 bits per heavy atom. The fourth-order valence-corrected chi connectivity index (χ4v) is 2.20. The Balaban J connectivity index is 3.01. The molecule has 7 nitrogen and oxygen atoms in total. The van der Waals surface area contributed by atoms with Gasteiger partial charge in [0.15, 0.2) is 0 Å². The topological polar surface area (TPSA) is 94.5 Å². The highest BCUT2D eigenvalue weighted by molar-refractivity contribution is 7.51. The van der Waals surface area contributed by atoms with E-state index in [1.165, 1.54) is 0 Å². The van der Waals surface area contributed by atoms with Crippen LogP contribution in [0.15, 0.2) is 0 Å². The number of hydrogen-bond donors (Lipinski definition) is 2. The number of rotatable bonds is 16. The molecule has 0 saturated heterocycles. The molecule has 0 aromatic rings. The van der Waals surface area contributed by atoms with Gasteiger partial charge in [0.2, 0.25) is 0 Å². The predicted octanol–water partition coefficient (Wildman–Crippen LogP) is 1.42. The molecule has 0 fully saturated rings. The van der Waals surface area contributed by atoms with E-state index in [1.807, 2.05) is 0 Å². The molecule has 0 amide bonds. The molecule has 0 aliphatic rings. The average Bonchev–Trinajstić information content (AvgIpc) is 2.42. The standard InChI is InChI=1S/C13H29O7P/c1-17-7-8-19-11-12-20-10-9-18-6-4-2-3-5-13-21(14,15)16/h2-13H2,1H3,(H2,14,15,16). The van der Waals surface area contributed by atoms with E-state index in [9.17, 15) is 4.57 Å². The summed E-state index contributed by atoms with van der Waals surface area (Å²) in [6.07, 6.45) is 3.20. The summed E-state index contributed by atoms with van der Waals surface area (Å²) in [7, 11) is -2.18. The van der Waals surface area contributed by atoms with E-state index in [2.05, 4.69) is 0 Å². The van der Waals surface area contributed by atoms with Crippen molar-refractivity contribution in [2.75, 3.05) is 59.5 Å². The summed E-state index contributed by atoms with van der Waals surface area (Å²) in [4.78, 5) is 17.4. The zero-order valence-electron chi connectivity index (χ0n) is 12.9. The minimum atomic E-state index is -3.82. The Bertz CT molecular complexity index is 257. The third kappa shape index (κ3) is 20.0. The van der Waals surface area contributed by atoms with Gasteiger partial charge in [0.05, 0.1) is 39.6 Å². The number of hydrogen-bond acceptors (Lipinski definition) is 5. The Hall–Kier alpha value is -0.0100. The van der Waals surface area contributed by atoms with Crippen LogP contribution in [0.2, 0.25) is 0 Å². The van der Waals surface area contributed by atoms with E-state index in [4.69, 9.17) is 28.7 Å². The van der Waals surface area contributed by atoms with Crippen LogP contribution in [-0.4, -0.2) is 69.3 Å². The molecule has 0 saturated carbocycles. The zero-order chi connectivity index (χ0) is 15.8. The minimum Gasteiger partial charge on any atom is -0.382 e. The third-order valence-electron chi connectivity index (χ3n) is 2.66.